The Balaban J connectivity index is 1.48. The summed E-state index contributed by atoms with van der Waals surface area (Å²) in [5, 5.41) is 0. The number of halogens is 3. The molecule has 4 rings (SSSR count). The number of nitrogens with one attached hydrogen (secondary N) is 1. The number of primary amides is 1. The van der Waals surface area contributed by atoms with E-state index < -0.39 is 40.6 Å². The summed E-state index contributed by atoms with van der Waals surface area (Å²) in [6.07, 6.45) is -5.24. The predicted octanol–water partition coefficient (Wildman–Crippen LogP) is 1.74. The van der Waals surface area contributed by atoms with Gasteiger partial charge in [-0.05, 0) is 23.8 Å². The van der Waals surface area contributed by atoms with Crippen LogP contribution in [0.5, 0.6) is 5.75 Å². The van der Waals surface area contributed by atoms with Crippen molar-refractivity contribution in [2.24, 2.45) is 5.73 Å². The summed E-state index contributed by atoms with van der Waals surface area (Å²) < 4.78 is 68.9. The molecule has 1 aromatic carbocycles. The first kappa shape index (κ1) is 24.2. The highest BCUT2D eigenvalue weighted by molar-refractivity contribution is 5.94. The Labute approximate surface area is 191 Å². The third-order valence-corrected chi connectivity index (χ3v) is 5.38. The third kappa shape index (κ3) is 5.41. The van der Waals surface area contributed by atoms with Gasteiger partial charge in [0.05, 0.1) is 39.6 Å². The fourth-order valence-electron chi connectivity index (χ4n) is 3.79. The summed E-state index contributed by atoms with van der Waals surface area (Å²) in [5.41, 5.74) is 1.09. The number of nitrogens with two attached hydrogens (primary N) is 1. The van der Waals surface area contributed by atoms with Gasteiger partial charge < -0.3 is 34.4 Å². The van der Waals surface area contributed by atoms with Gasteiger partial charge in [-0.2, -0.15) is 13.2 Å². The number of pyridine rings is 1. The van der Waals surface area contributed by atoms with Crippen LogP contribution in [0.3, 0.4) is 0 Å². The summed E-state index contributed by atoms with van der Waals surface area (Å²) in [6, 6.07) is 6.55. The van der Waals surface area contributed by atoms with Gasteiger partial charge in [0, 0.05) is 5.56 Å². The Morgan fingerprint density at radius 3 is 2.38 bits per heavy atom. The molecule has 12 heteroatoms. The number of aromatic amines is 1. The molecule has 0 bridgehead atoms. The van der Waals surface area contributed by atoms with Crippen LogP contribution in [0.4, 0.5) is 13.2 Å². The van der Waals surface area contributed by atoms with E-state index in [2.05, 4.69) is 0 Å². The molecule has 3 N–H and O–H groups in total. The van der Waals surface area contributed by atoms with Crippen LogP contribution in [0.1, 0.15) is 16.1 Å². The Morgan fingerprint density at radius 2 is 1.76 bits per heavy atom. The monoisotopic (exact) mass is 484 g/mol. The molecule has 0 aliphatic carbocycles. The van der Waals surface area contributed by atoms with E-state index in [0.29, 0.717) is 45.4 Å². The number of hydrogen-bond acceptors (Lipinski definition) is 7. The number of benzene rings is 1. The first-order chi connectivity index (χ1) is 16.2. The number of carbonyl (C=O) groups excluding carboxylic acids is 1. The van der Waals surface area contributed by atoms with Crippen LogP contribution in [0, 0.1) is 0 Å². The lowest BCUT2D eigenvalue weighted by molar-refractivity contribution is -0.230. The molecule has 3 heterocycles. The molecule has 2 saturated heterocycles. The van der Waals surface area contributed by atoms with Crippen molar-refractivity contribution in [3.05, 3.63) is 51.9 Å². The van der Waals surface area contributed by atoms with E-state index in [4.69, 9.17) is 29.4 Å². The number of amides is 1. The van der Waals surface area contributed by atoms with Crippen molar-refractivity contribution in [3.8, 4) is 16.9 Å². The smallest absolute Gasteiger partial charge is 0.431 e. The largest absolute Gasteiger partial charge is 0.491 e. The van der Waals surface area contributed by atoms with Gasteiger partial charge in [0.1, 0.15) is 35.3 Å². The molecule has 0 radical (unpaired) electrons. The van der Waals surface area contributed by atoms with Crippen molar-refractivity contribution in [1.82, 2.24) is 4.98 Å². The summed E-state index contributed by atoms with van der Waals surface area (Å²) in [6.45, 7) is 2.42. The van der Waals surface area contributed by atoms with E-state index in [1.165, 1.54) is 24.3 Å². The van der Waals surface area contributed by atoms with Crippen molar-refractivity contribution >= 4 is 5.91 Å². The van der Waals surface area contributed by atoms with Crippen LogP contribution >= 0.6 is 0 Å². The maximum absolute atomic E-state index is 13.5. The molecule has 2 aliphatic rings. The molecule has 2 aromatic rings. The van der Waals surface area contributed by atoms with Gasteiger partial charge in [-0.25, -0.2) is 0 Å². The zero-order valence-electron chi connectivity index (χ0n) is 18.0. The molecule has 2 aliphatic heterocycles. The van der Waals surface area contributed by atoms with E-state index in [0.717, 1.165) is 6.07 Å². The minimum Gasteiger partial charge on any atom is -0.491 e. The van der Waals surface area contributed by atoms with Crippen LogP contribution in [-0.2, 0) is 25.1 Å². The van der Waals surface area contributed by atoms with Crippen molar-refractivity contribution in [2.75, 3.05) is 46.2 Å². The number of hydrogen-bond donors (Lipinski definition) is 2. The number of carbonyl (C=O) groups is 1. The normalized spacial score (nSPS) is 20.6. The Morgan fingerprint density at radius 1 is 1.12 bits per heavy atom. The van der Waals surface area contributed by atoms with Crippen molar-refractivity contribution < 1.29 is 41.7 Å². The molecule has 1 amide bonds. The van der Waals surface area contributed by atoms with Crippen molar-refractivity contribution in [2.45, 2.75) is 17.9 Å². The van der Waals surface area contributed by atoms with Crippen molar-refractivity contribution in [3.63, 3.8) is 0 Å². The Hall–Kier alpha value is -2.93. The molecular weight excluding hydrogens is 461 g/mol. The zero-order valence-corrected chi connectivity index (χ0v) is 18.0. The molecule has 0 saturated carbocycles. The van der Waals surface area contributed by atoms with Gasteiger partial charge in [-0.3, -0.25) is 9.59 Å². The van der Waals surface area contributed by atoms with Gasteiger partial charge in [-0.15, -0.1) is 0 Å². The van der Waals surface area contributed by atoms with E-state index >= 15 is 0 Å². The topological polar surface area (TPSA) is 122 Å². The lowest BCUT2D eigenvalue weighted by atomic mass is 10.0. The third-order valence-electron chi connectivity index (χ3n) is 5.38. The maximum atomic E-state index is 13.5. The van der Waals surface area contributed by atoms with Gasteiger partial charge in [-0.1, -0.05) is 12.1 Å². The second-order valence-corrected chi connectivity index (χ2v) is 8.04. The second kappa shape index (κ2) is 9.74. The van der Waals surface area contributed by atoms with E-state index in [1.807, 2.05) is 0 Å². The molecule has 9 nitrogen and oxygen atoms in total. The molecule has 2 fully saturated rings. The molecule has 0 unspecified atom stereocenters. The minimum absolute atomic E-state index is 0.113. The summed E-state index contributed by atoms with van der Waals surface area (Å²) in [5.74, 6) is -0.749. The molecule has 34 heavy (non-hydrogen) atoms. The van der Waals surface area contributed by atoms with Crippen LogP contribution in [0.25, 0.3) is 11.1 Å². The molecular formula is C22H23F3N2O7. The lowest BCUT2D eigenvalue weighted by Crippen LogP contribution is -2.54. The number of ether oxygens (including phenoxy) is 5. The fraction of sp³-hybridized carbons (Fsp3) is 0.455. The molecule has 184 valence electrons. The second-order valence-electron chi connectivity index (χ2n) is 8.04. The average Bonchev–Trinajstić information content (AvgIpc) is 3.02. The summed E-state index contributed by atoms with van der Waals surface area (Å²) in [7, 11) is 0. The Bertz CT molecular complexity index is 1080. The van der Waals surface area contributed by atoms with E-state index in [-0.39, 0.29) is 17.7 Å². The maximum Gasteiger partial charge on any atom is 0.431 e. The number of rotatable bonds is 5. The summed E-state index contributed by atoms with van der Waals surface area (Å²) >= 11 is 0. The highest BCUT2D eigenvalue weighted by atomic mass is 19.4. The molecule has 1 atom stereocenters. The number of alkyl halides is 3. The lowest BCUT2D eigenvalue weighted by Gasteiger charge is -2.39. The van der Waals surface area contributed by atoms with Gasteiger partial charge in [0.2, 0.25) is 0 Å². The van der Waals surface area contributed by atoms with Gasteiger partial charge in [0.25, 0.3) is 11.5 Å². The highest BCUT2D eigenvalue weighted by Crippen LogP contribution is 2.36. The number of H-pyrrole nitrogens is 1. The molecule has 1 aromatic heterocycles. The van der Waals surface area contributed by atoms with Crippen LogP contribution in [0.2, 0.25) is 0 Å². The van der Waals surface area contributed by atoms with E-state index in [9.17, 15) is 22.8 Å². The first-order valence-electron chi connectivity index (χ1n) is 10.5. The van der Waals surface area contributed by atoms with E-state index in [1.54, 1.807) is 4.98 Å². The quantitative estimate of drug-likeness (QED) is 0.663. The van der Waals surface area contributed by atoms with Crippen LogP contribution in [-0.4, -0.2) is 68.8 Å². The van der Waals surface area contributed by atoms with Crippen LogP contribution in [0.15, 0.2) is 35.1 Å². The predicted molar refractivity (Wildman–Crippen MR) is 112 cm³/mol. The van der Waals surface area contributed by atoms with Crippen molar-refractivity contribution in [1.29, 1.82) is 0 Å². The first-order valence-corrected chi connectivity index (χ1v) is 10.5. The Kier molecular flexibility index (Phi) is 6.94. The zero-order chi connectivity index (χ0) is 24.3. The minimum atomic E-state index is -4.85. The van der Waals surface area contributed by atoms with Gasteiger partial charge in [0.15, 0.2) is 0 Å². The van der Waals surface area contributed by atoms with Crippen LogP contribution < -0.4 is 16.0 Å². The highest BCUT2D eigenvalue weighted by Gasteiger charge is 2.40. The summed E-state index contributed by atoms with van der Waals surface area (Å²) in [4.78, 5) is 25.0. The molecule has 1 spiro atoms. The fourth-order valence-corrected chi connectivity index (χ4v) is 3.79. The average molecular weight is 484 g/mol. The standard InChI is InChI=1S/C22H23F3N2O7/c23-22(24,25)18-16(7-17(19(26)28)20(29)27-18)13-1-3-14(4-2-13)33-9-15-8-32-12-21(34-15)10-30-5-6-31-11-21/h1-4,7,15H,5-6,8-12H2,(H2,26,28)(H,27,29)/t15-/m0/s1. The SMILES string of the molecule is NC(=O)c1cc(-c2ccc(OC[C@@H]3COCC4(COCCOC4)O3)cc2)c(C(F)(F)F)[nH]c1=O. The van der Waals surface area contributed by atoms with Gasteiger partial charge >= 0.3 is 6.18 Å². The number of aromatic nitrogens is 1.